The van der Waals surface area contributed by atoms with Gasteiger partial charge in [-0.3, -0.25) is 4.79 Å². The number of carbonyl (C=O) groups is 1. The summed E-state index contributed by atoms with van der Waals surface area (Å²) in [5, 5.41) is 0. The molecule has 1 N–H and O–H groups in total. The van der Waals surface area contributed by atoms with Crippen LogP contribution in [0.1, 0.15) is 11.1 Å². The summed E-state index contributed by atoms with van der Waals surface area (Å²) in [6.07, 6.45) is -3.42. The first kappa shape index (κ1) is 26.9. The number of benzene rings is 2. The van der Waals surface area contributed by atoms with Gasteiger partial charge in [0.2, 0.25) is 15.9 Å². The first-order valence-electron chi connectivity index (χ1n) is 10.2. The van der Waals surface area contributed by atoms with E-state index in [2.05, 4.69) is 11.3 Å². The Kier molecular flexibility index (Phi) is 7.74. The molecule has 0 radical (unpaired) electrons. The molecule has 0 aromatic heterocycles. The Morgan fingerprint density at radius 2 is 1.77 bits per heavy atom. The van der Waals surface area contributed by atoms with E-state index < -0.39 is 49.7 Å². The fourth-order valence-corrected chi connectivity index (χ4v) is 5.59. The molecule has 0 unspecified atom stereocenters. The van der Waals surface area contributed by atoms with Gasteiger partial charge in [-0.2, -0.15) is 13.2 Å². The van der Waals surface area contributed by atoms with Crippen LogP contribution in [-0.4, -0.2) is 59.1 Å². The zero-order valence-corrected chi connectivity index (χ0v) is 20.2. The molecule has 8 nitrogen and oxygen atoms in total. The molecule has 1 heterocycles. The highest BCUT2D eigenvalue weighted by atomic mass is 32.2. The number of rotatable bonds is 8. The highest BCUT2D eigenvalue weighted by Crippen LogP contribution is 2.30. The monoisotopic (exact) mass is 532 g/mol. The molecule has 1 amide bonds. The fourth-order valence-electron chi connectivity index (χ4n) is 3.55. The van der Waals surface area contributed by atoms with Crippen LogP contribution in [0.2, 0.25) is 0 Å². The first-order chi connectivity index (χ1) is 16.2. The predicted octanol–water partition coefficient (Wildman–Crippen LogP) is 2.37. The maximum absolute atomic E-state index is 13.0. The molecular formula is C22H23F3N2O6S2. The van der Waals surface area contributed by atoms with Crippen LogP contribution in [0.25, 0.3) is 0 Å². The molecule has 0 bridgehead atoms. The number of amides is 1. The summed E-state index contributed by atoms with van der Waals surface area (Å²) in [5.41, 5.74) is -0.632. The van der Waals surface area contributed by atoms with E-state index in [1.807, 2.05) is 0 Å². The third kappa shape index (κ3) is 6.69. The molecule has 35 heavy (non-hydrogen) atoms. The maximum Gasteiger partial charge on any atom is 0.416 e. The van der Waals surface area contributed by atoms with Gasteiger partial charge < -0.3 is 9.64 Å². The van der Waals surface area contributed by atoms with Crippen molar-refractivity contribution in [1.29, 1.82) is 0 Å². The minimum absolute atomic E-state index is 0.0274. The van der Waals surface area contributed by atoms with E-state index in [9.17, 15) is 34.8 Å². The van der Waals surface area contributed by atoms with Gasteiger partial charge in [-0.15, -0.1) is 0 Å². The van der Waals surface area contributed by atoms with Crippen molar-refractivity contribution in [2.45, 2.75) is 34.7 Å². The normalized spacial score (nSPS) is 19.0. The third-order valence-corrected chi connectivity index (χ3v) is 7.92. The van der Waals surface area contributed by atoms with Crippen molar-refractivity contribution >= 4 is 25.8 Å². The molecule has 2 aromatic carbocycles. The summed E-state index contributed by atoms with van der Waals surface area (Å²) in [6.45, 7) is 3.04. The molecule has 2 aromatic rings. The van der Waals surface area contributed by atoms with Crippen molar-refractivity contribution < 1.29 is 39.5 Å². The van der Waals surface area contributed by atoms with Gasteiger partial charge >= 0.3 is 6.18 Å². The maximum atomic E-state index is 13.0. The van der Waals surface area contributed by atoms with Gasteiger partial charge in [-0.05, 0) is 42.0 Å². The van der Waals surface area contributed by atoms with E-state index in [1.165, 1.54) is 35.2 Å². The van der Waals surface area contributed by atoms with Crippen LogP contribution in [0, 0.1) is 0 Å². The molecule has 1 fully saturated rings. The number of sulfonamides is 1. The van der Waals surface area contributed by atoms with E-state index in [4.69, 9.17) is 4.74 Å². The minimum atomic E-state index is -4.53. The fraction of sp³-hybridized carbons (Fsp3) is 0.318. The lowest BCUT2D eigenvalue weighted by atomic mass is 10.1. The number of halogens is 3. The first-order valence-corrected chi connectivity index (χ1v) is 13.6. The summed E-state index contributed by atoms with van der Waals surface area (Å²) >= 11 is 0. The number of hydrogen-bond donors (Lipinski definition) is 1. The van der Waals surface area contributed by atoms with Crippen molar-refractivity contribution in [3.05, 3.63) is 72.3 Å². The van der Waals surface area contributed by atoms with E-state index in [-0.39, 0.29) is 35.1 Å². The minimum Gasteiger partial charge on any atom is -0.370 e. The predicted molar refractivity (Wildman–Crippen MR) is 120 cm³/mol. The summed E-state index contributed by atoms with van der Waals surface area (Å²) < 4.78 is 96.7. The summed E-state index contributed by atoms with van der Waals surface area (Å²) in [6, 6.07) is 8.35. The van der Waals surface area contributed by atoms with Crippen molar-refractivity contribution in [1.82, 2.24) is 9.62 Å². The van der Waals surface area contributed by atoms with Crippen molar-refractivity contribution in [2.24, 2.45) is 0 Å². The van der Waals surface area contributed by atoms with Crippen LogP contribution < -0.4 is 4.72 Å². The Balaban J connectivity index is 1.82. The van der Waals surface area contributed by atoms with Gasteiger partial charge in [0.05, 0.1) is 34.1 Å². The molecule has 1 saturated heterocycles. The van der Waals surface area contributed by atoms with Gasteiger partial charge in [0, 0.05) is 19.3 Å². The second kappa shape index (κ2) is 10.1. The van der Waals surface area contributed by atoms with Crippen LogP contribution in [-0.2, 0) is 42.2 Å². The number of hydrogen-bond acceptors (Lipinski definition) is 6. The van der Waals surface area contributed by atoms with E-state index in [1.54, 1.807) is 0 Å². The van der Waals surface area contributed by atoms with Gasteiger partial charge in [0.25, 0.3) is 0 Å². The molecule has 2 atom stereocenters. The molecule has 0 saturated carbocycles. The second-order valence-electron chi connectivity index (χ2n) is 7.97. The number of nitrogens with one attached hydrogen (secondary N) is 1. The Morgan fingerprint density at radius 1 is 1.11 bits per heavy atom. The van der Waals surface area contributed by atoms with Gasteiger partial charge in [0.15, 0.2) is 9.84 Å². The zero-order chi connectivity index (χ0) is 26.0. The van der Waals surface area contributed by atoms with Gasteiger partial charge in [-0.25, -0.2) is 21.6 Å². The van der Waals surface area contributed by atoms with Crippen LogP contribution in [0.15, 0.2) is 71.0 Å². The van der Waals surface area contributed by atoms with Crippen LogP contribution in [0.3, 0.4) is 0 Å². The van der Waals surface area contributed by atoms with E-state index in [0.29, 0.717) is 0 Å². The number of carbonyl (C=O) groups excluding carboxylic acids is 1. The lowest BCUT2D eigenvalue weighted by Gasteiger charge is -2.20. The lowest BCUT2D eigenvalue weighted by Crippen LogP contribution is -2.44. The zero-order valence-electron chi connectivity index (χ0n) is 18.5. The third-order valence-electron chi connectivity index (χ3n) is 5.32. The van der Waals surface area contributed by atoms with Crippen molar-refractivity contribution in [3.63, 3.8) is 0 Å². The topological polar surface area (TPSA) is 110 Å². The smallest absolute Gasteiger partial charge is 0.370 e. The van der Waals surface area contributed by atoms with Crippen molar-refractivity contribution in [2.75, 3.05) is 19.3 Å². The average molecular weight is 533 g/mol. The SMILES string of the molecule is C=CC(=O)N1C[C@@H](NS(=O)(=O)c2cccc(S(C)(=O)=O)c2)[C@H](OCc2cccc(C(F)(F)F)c2)C1. The molecule has 0 aliphatic carbocycles. The highest BCUT2D eigenvalue weighted by molar-refractivity contribution is 7.91. The quantitative estimate of drug-likeness (QED) is 0.523. The lowest BCUT2D eigenvalue weighted by molar-refractivity contribution is -0.137. The van der Waals surface area contributed by atoms with Crippen molar-refractivity contribution in [3.8, 4) is 0 Å². The average Bonchev–Trinajstić information content (AvgIpc) is 3.18. The molecule has 1 aliphatic rings. The standard InChI is InChI=1S/C22H23F3N2O6S2/c1-3-21(28)27-12-19(26-35(31,32)18-9-5-8-17(11-18)34(2,29)30)20(13-27)33-14-15-6-4-7-16(10-15)22(23,24)25/h3-11,19-20,26H,1,12-14H2,2H3/t19-,20-/m1/s1. The van der Waals surface area contributed by atoms with Crippen LogP contribution in [0.4, 0.5) is 13.2 Å². The summed E-state index contributed by atoms with van der Waals surface area (Å²) in [7, 11) is -7.89. The number of alkyl halides is 3. The number of nitrogens with zero attached hydrogens (tertiary/aromatic N) is 1. The molecule has 0 spiro atoms. The highest BCUT2D eigenvalue weighted by Gasteiger charge is 2.38. The molecule has 3 rings (SSSR count). The van der Waals surface area contributed by atoms with E-state index in [0.717, 1.165) is 30.5 Å². The van der Waals surface area contributed by atoms with Crippen LogP contribution in [0.5, 0.6) is 0 Å². The number of sulfone groups is 1. The van der Waals surface area contributed by atoms with Gasteiger partial charge in [-0.1, -0.05) is 24.8 Å². The Bertz CT molecular complexity index is 1330. The molecular weight excluding hydrogens is 509 g/mol. The second-order valence-corrected chi connectivity index (χ2v) is 11.7. The molecule has 1 aliphatic heterocycles. The largest absolute Gasteiger partial charge is 0.416 e. The number of ether oxygens (including phenoxy) is 1. The summed E-state index contributed by atoms with van der Waals surface area (Å²) in [5.74, 6) is -0.474. The Labute approximate surface area is 201 Å². The Morgan fingerprint density at radius 3 is 2.40 bits per heavy atom. The molecule has 13 heteroatoms. The Hall–Kier alpha value is -2.74. The number of likely N-dealkylation sites (tertiary alicyclic amines) is 1. The molecule has 190 valence electrons. The van der Waals surface area contributed by atoms with Crippen LogP contribution >= 0.6 is 0 Å². The summed E-state index contributed by atoms with van der Waals surface area (Å²) in [4.78, 5) is 12.9. The van der Waals surface area contributed by atoms with Gasteiger partial charge in [0.1, 0.15) is 0 Å². The van der Waals surface area contributed by atoms with E-state index >= 15 is 0 Å².